The van der Waals surface area contributed by atoms with E-state index in [0.29, 0.717) is 0 Å². The number of benzene rings is 5. The summed E-state index contributed by atoms with van der Waals surface area (Å²) < 4.78 is 0. The first-order valence-corrected chi connectivity index (χ1v) is 16.7. The summed E-state index contributed by atoms with van der Waals surface area (Å²) >= 11 is 5.52. The predicted molar refractivity (Wildman–Crippen MR) is 180 cm³/mol. The number of anilines is 3. The summed E-state index contributed by atoms with van der Waals surface area (Å²) in [7, 11) is 0. The first kappa shape index (κ1) is 26.6. The Balaban J connectivity index is 1.33. The van der Waals surface area contributed by atoms with Crippen molar-refractivity contribution in [1.29, 1.82) is 0 Å². The minimum Gasteiger partial charge on any atom is -0.291 e. The highest BCUT2D eigenvalue weighted by Gasteiger charge is 2.36. The van der Waals surface area contributed by atoms with Gasteiger partial charge in [0.15, 0.2) is 5.82 Å². The third-order valence-electron chi connectivity index (χ3n) is 8.10. The highest BCUT2D eigenvalue weighted by molar-refractivity contribution is 8.05. The van der Waals surface area contributed by atoms with Crippen LogP contribution in [0.25, 0.3) is 11.3 Å². The summed E-state index contributed by atoms with van der Waals surface area (Å²) in [6.45, 7) is 4.67. The first-order chi connectivity index (χ1) is 21.1. The van der Waals surface area contributed by atoms with E-state index in [1.54, 1.807) is 0 Å². The molecule has 3 nitrogen and oxygen atoms in total. The van der Waals surface area contributed by atoms with Crippen LogP contribution < -0.4 is 4.90 Å². The molecular formula is C37H27N3S3. The van der Waals surface area contributed by atoms with E-state index in [1.165, 1.54) is 40.5 Å². The second kappa shape index (κ2) is 10.6. The molecule has 0 atom stereocenters. The number of nitrogens with zero attached hydrogens (tertiary/aromatic N) is 3. The molecule has 0 saturated heterocycles. The fraction of sp³-hybridized carbons (Fsp3) is 0.0811. The minimum absolute atomic E-state index is 0.138. The van der Waals surface area contributed by atoms with Gasteiger partial charge in [-0.3, -0.25) is 9.88 Å². The molecular weight excluding hydrogens is 583 g/mol. The minimum atomic E-state index is -0.138. The van der Waals surface area contributed by atoms with E-state index in [-0.39, 0.29) is 5.41 Å². The van der Waals surface area contributed by atoms with Gasteiger partial charge in [0.05, 0.1) is 34.4 Å². The van der Waals surface area contributed by atoms with Gasteiger partial charge in [0.25, 0.3) is 0 Å². The third kappa shape index (κ3) is 4.56. The van der Waals surface area contributed by atoms with Crippen molar-refractivity contribution in [2.24, 2.45) is 0 Å². The predicted octanol–water partition coefficient (Wildman–Crippen LogP) is 11.0. The number of aromatic nitrogens is 2. The maximum atomic E-state index is 5.07. The quantitative estimate of drug-likeness (QED) is 0.197. The average molecular weight is 610 g/mol. The molecule has 43 heavy (non-hydrogen) atoms. The van der Waals surface area contributed by atoms with Crippen LogP contribution in [0.4, 0.5) is 17.2 Å². The van der Waals surface area contributed by atoms with Crippen LogP contribution in [0.2, 0.25) is 0 Å². The molecule has 2 aliphatic heterocycles. The number of hydrogen-bond acceptors (Lipinski definition) is 6. The zero-order valence-electron chi connectivity index (χ0n) is 23.7. The monoisotopic (exact) mass is 609 g/mol. The van der Waals surface area contributed by atoms with E-state index in [9.17, 15) is 0 Å². The van der Waals surface area contributed by atoms with Gasteiger partial charge in [0.2, 0.25) is 0 Å². The molecule has 0 bridgehead atoms. The lowest BCUT2D eigenvalue weighted by Crippen LogP contribution is -2.25. The Morgan fingerprint density at radius 2 is 1.12 bits per heavy atom. The molecule has 208 valence electrons. The molecule has 1 aromatic heterocycles. The Morgan fingerprint density at radius 3 is 1.88 bits per heavy atom. The molecule has 0 amide bonds. The van der Waals surface area contributed by atoms with Crippen molar-refractivity contribution in [1.82, 2.24) is 9.97 Å². The van der Waals surface area contributed by atoms with Gasteiger partial charge in [-0.25, -0.2) is 4.98 Å². The summed E-state index contributed by atoms with van der Waals surface area (Å²) in [5.74, 6) is 0.795. The smallest absolute Gasteiger partial charge is 0.156 e. The van der Waals surface area contributed by atoms with E-state index in [4.69, 9.17) is 9.97 Å². The molecule has 3 heterocycles. The highest BCUT2D eigenvalue weighted by Crippen LogP contribution is 2.57. The summed E-state index contributed by atoms with van der Waals surface area (Å²) in [4.78, 5) is 19.9. The third-order valence-corrected chi connectivity index (χ3v) is 11.9. The van der Waals surface area contributed by atoms with E-state index in [0.717, 1.165) is 28.5 Å². The van der Waals surface area contributed by atoms with Crippen LogP contribution in [-0.4, -0.2) is 9.97 Å². The van der Waals surface area contributed by atoms with Crippen LogP contribution >= 0.6 is 35.3 Å². The highest BCUT2D eigenvalue weighted by atomic mass is 32.2. The van der Waals surface area contributed by atoms with Crippen LogP contribution in [0, 0.1) is 0 Å². The molecule has 0 saturated carbocycles. The van der Waals surface area contributed by atoms with Crippen molar-refractivity contribution in [3.8, 4) is 11.3 Å². The second-order valence-corrected chi connectivity index (χ2v) is 14.3. The summed E-state index contributed by atoms with van der Waals surface area (Å²) in [6, 6.07) is 41.0. The lowest BCUT2D eigenvalue weighted by atomic mass is 9.77. The van der Waals surface area contributed by atoms with Gasteiger partial charge in [0, 0.05) is 35.5 Å². The second-order valence-electron chi connectivity index (χ2n) is 11.1. The van der Waals surface area contributed by atoms with Gasteiger partial charge in [0.1, 0.15) is 0 Å². The van der Waals surface area contributed by atoms with Crippen molar-refractivity contribution in [3.63, 3.8) is 0 Å². The first-order valence-electron chi connectivity index (χ1n) is 14.2. The van der Waals surface area contributed by atoms with Crippen molar-refractivity contribution in [2.45, 2.75) is 48.6 Å². The van der Waals surface area contributed by atoms with Crippen LogP contribution in [0.1, 0.15) is 25.0 Å². The Bertz CT molecular complexity index is 1990. The van der Waals surface area contributed by atoms with Crippen molar-refractivity contribution >= 4 is 52.5 Å². The van der Waals surface area contributed by atoms with Crippen LogP contribution in [-0.2, 0) is 5.41 Å². The maximum Gasteiger partial charge on any atom is 0.156 e. The van der Waals surface area contributed by atoms with E-state index >= 15 is 0 Å². The van der Waals surface area contributed by atoms with Crippen molar-refractivity contribution in [2.75, 3.05) is 4.90 Å². The number of hydrogen-bond donors (Lipinski definition) is 0. The molecule has 0 fully saturated rings. The van der Waals surface area contributed by atoms with E-state index < -0.39 is 0 Å². The fourth-order valence-corrected chi connectivity index (χ4v) is 9.77. The summed E-state index contributed by atoms with van der Waals surface area (Å²) in [6.07, 6.45) is 3.81. The van der Waals surface area contributed by atoms with Gasteiger partial charge < -0.3 is 0 Å². The Morgan fingerprint density at radius 1 is 0.512 bits per heavy atom. The Labute approximate surface area is 264 Å². The Hall–Kier alpha value is -3.97. The lowest BCUT2D eigenvalue weighted by molar-refractivity contribution is 0.607. The zero-order valence-corrected chi connectivity index (χ0v) is 26.1. The van der Waals surface area contributed by atoms with Gasteiger partial charge in [-0.15, -0.1) is 0 Å². The molecule has 6 heteroatoms. The molecule has 6 aromatic rings. The molecule has 0 unspecified atom stereocenters. The number of fused-ring (bicyclic) bond motifs is 4. The number of rotatable bonds is 4. The van der Waals surface area contributed by atoms with E-state index in [1.807, 2.05) is 65.9 Å². The van der Waals surface area contributed by atoms with E-state index in [2.05, 4.69) is 116 Å². The zero-order chi connectivity index (χ0) is 29.0. The molecule has 0 spiro atoms. The average Bonchev–Trinajstić information content (AvgIpc) is 3.05. The van der Waals surface area contributed by atoms with Gasteiger partial charge >= 0.3 is 0 Å². The molecule has 0 N–H and O–H groups in total. The van der Waals surface area contributed by atoms with Gasteiger partial charge in [-0.05, 0) is 47.5 Å². The molecule has 8 rings (SSSR count). The molecule has 0 radical (unpaired) electrons. The van der Waals surface area contributed by atoms with Crippen LogP contribution in [0.15, 0.2) is 157 Å². The summed E-state index contributed by atoms with van der Waals surface area (Å²) in [5.41, 5.74) is 6.69. The maximum absolute atomic E-state index is 5.07. The molecule has 2 aliphatic rings. The van der Waals surface area contributed by atoms with Crippen LogP contribution in [0.3, 0.4) is 0 Å². The fourth-order valence-electron chi connectivity index (χ4n) is 5.91. The lowest BCUT2D eigenvalue weighted by Gasteiger charge is -2.37. The topological polar surface area (TPSA) is 29.0 Å². The van der Waals surface area contributed by atoms with Crippen molar-refractivity contribution < 1.29 is 0 Å². The SMILES string of the molecule is CC1(C)c2ccccc2Sc2c(N(c3cnc(-c4ccccc4)cn3)c3cccc4c3Sc3ccccc3S4)cccc21. The van der Waals surface area contributed by atoms with Crippen molar-refractivity contribution in [3.05, 3.63) is 139 Å². The van der Waals surface area contributed by atoms with Gasteiger partial charge in [-0.2, -0.15) is 0 Å². The van der Waals surface area contributed by atoms with Crippen LogP contribution in [0.5, 0.6) is 0 Å². The molecule has 5 aromatic carbocycles. The largest absolute Gasteiger partial charge is 0.291 e. The van der Waals surface area contributed by atoms with Gasteiger partial charge in [-0.1, -0.05) is 128 Å². The Kier molecular flexibility index (Phi) is 6.59. The molecule has 0 aliphatic carbocycles. The standard InChI is InChI=1S/C37H27N3S3/c1-37(2)25-14-6-7-18-30(25)42-35-26(37)15-10-16-28(35)40(34-23-38-27(22-39-34)24-12-4-3-5-13-24)29-17-11-21-33-36(29)43-32-20-9-8-19-31(32)41-33/h3-23H,1-2H3. The normalized spacial score (nSPS) is 14.2. The summed E-state index contributed by atoms with van der Waals surface area (Å²) in [5, 5.41) is 0.